The molecule has 0 N–H and O–H groups in total. The minimum Gasteiger partial charge on any atom is -0.467 e. The Balaban J connectivity index is 1.95. The lowest BCUT2D eigenvalue weighted by Gasteiger charge is -2.42. The van der Waals surface area contributed by atoms with Gasteiger partial charge in [0.2, 0.25) is 10.0 Å². The number of halogens is 1. The fourth-order valence-electron chi connectivity index (χ4n) is 5.85. The molecule has 7 nitrogen and oxygen atoms in total. The Kier molecular flexibility index (Phi) is 6.36. The Labute approximate surface area is 223 Å². The summed E-state index contributed by atoms with van der Waals surface area (Å²) in [6.07, 6.45) is 0.354. The van der Waals surface area contributed by atoms with Crippen LogP contribution in [0.1, 0.15) is 56.5 Å². The molecule has 2 aliphatic rings. The fraction of sp³-hybridized carbons (Fsp3) is 0.464. The van der Waals surface area contributed by atoms with Crippen LogP contribution in [0.4, 0.5) is 5.69 Å². The number of ether oxygens (including phenoxy) is 2. The summed E-state index contributed by atoms with van der Waals surface area (Å²) in [5.41, 5.74) is 4.87. The minimum atomic E-state index is -3.53. The molecule has 0 amide bonds. The summed E-state index contributed by atoms with van der Waals surface area (Å²) in [6, 6.07) is 9.38. The van der Waals surface area contributed by atoms with Gasteiger partial charge in [0.25, 0.3) is 0 Å². The second-order valence-corrected chi connectivity index (χ2v) is 13.4. The highest BCUT2D eigenvalue weighted by Crippen LogP contribution is 2.50. The predicted octanol–water partition coefficient (Wildman–Crippen LogP) is 5.92. The van der Waals surface area contributed by atoms with E-state index in [0.29, 0.717) is 34.8 Å². The summed E-state index contributed by atoms with van der Waals surface area (Å²) in [7, 11) is -2.19. The number of nitrogens with zero attached hydrogens (tertiary/aromatic N) is 2. The van der Waals surface area contributed by atoms with Crippen LogP contribution in [0.5, 0.6) is 0 Å². The molecule has 2 aliphatic heterocycles. The standard InChI is InChI=1S/C28H33ClN2O5S/c1-16-14-21-23(18-9-11-19(29)12-10-18)22(26(27(32)35-6)36-28(3,4)5)17(2)24-25(21)30(16)15-20-8-7-13-37(33,34)31(20)24/h9-12,14,20,26H,7-8,13,15H2,1-6H3/t20-,26-/m0/s1. The van der Waals surface area contributed by atoms with Gasteiger partial charge in [0.1, 0.15) is 0 Å². The largest absolute Gasteiger partial charge is 0.467 e. The highest BCUT2D eigenvalue weighted by Gasteiger charge is 2.43. The Morgan fingerprint density at radius 3 is 2.46 bits per heavy atom. The van der Waals surface area contributed by atoms with Crippen LogP contribution >= 0.6 is 11.6 Å². The zero-order chi connectivity index (χ0) is 26.9. The van der Waals surface area contributed by atoms with Crippen molar-refractivity contribution >= 4 is 44.2 Å². The summed E-state index contributed by atoms with van der Waals surface area (Å²) >= 11 is 6.23. The van der Waals surface area contributed by atoms with E-state index in [1.54, 1.807) is 4.31 Å². The van der Waals surface area contributed by atoms with Crippen LogP contribution < -0.4 is 4.31 Å². The zero-order valence-electron chi connectivity index (χ0n) is 22.1. The normalized spacial score (nSPS) is 19.5. The molecule has 37 heavy (non-hydrogen) atoms. The van der Waals surface area contributed by atoms with E-state index in [2.05, 4.69) is 10.6 Å². The van der Waals surface area contributed by atoms with Gasteiger partial charge in [0, 0.05) is 28.2 Å². The van der Waals surface area contributed by atoms with Gasteiger partial charge < -0.3 is 14.0 Å². The SMILES string of the molecule is COC(=O)[C@@H](OC(C)(C)C)c1c(C)c2c3c(cc(C)n3C[C@@H]3CCCS(=O)(=O)N23)c1-c1ccc(Cl)cc1. The van der Waals surface area contributed by atoms with Crippen molar-refractivity contribution in [1.29, 1.82) is 0 Å². The number of rotatable bonds is 4. The second-order valence-electron chi connectivity index (χ2n) is 11.0. The van der Waals surface area contributed by atoms with E-state index in [-0.39, 0.29) is 11.8 Å². The van der Waals surface area contributed by atoms with E-state index in [4.69, 9.17) is 21.1 Å². The summed E-state index contributed by atoms with van der Waals surface area (Å²) in [6.45, 7) is 10.2. The highest BCUT2D eigenvalue weighted by molar-refractivity contribution is 7.92. The first-order chi connectivity index (χ1) is 17.3. The minimum absolute atomic E-state index is 0.108. The molecule has 1 fully saturated rings. The van der Waals surface area contributed by atoms with Crippen molar-refractivity contribution in [2.24, 2.45) is 0 Å². The number of hydrogen-bond donors (Lipinski definition) is 0. The first-order valence-electron chi connectivity index (χ1n) is 12.5. The van der Waals surface area contributed by atoms with Crippen molar-refractivity contribution in [2.45, 2.75) is 71.8 Å². The van der Waals surface area contributed by atoms with Crippen molar-refractivity contribution in [2.75, 3.05) is 17.2 Å². The third-order valence-electron chi connectivity index (χ3n) is 7.29. The molecule has 1 aromatic heterocycles. The Morgan fingerprint density at radius 1 is 1.16 bits per heavy atom. The van der Waals surface area contributed by atoms with Gasteiger partial charge in [-0.05, 0) is 82.3 Å². The second kappa shape index (κ2) is 9.03. The van der Waals surface area contributed by atoms with Crippen LogP contribution in [-0.4, -0.2) is 43.5 Å². The molecule has 3 aromatic rings. The van der Waals surface area contributed by atoms with Crippen molar-refractivity contribution in [3.63, 3.8) is 0 Å². The van der Waals surface area contributed by atoms with Gasteiger partial charge in [-0.2, -0.15) is 0 Å². The average molecular weight is 545 g/mol. The number of carbonyl (C=O) groups excluding carboxylic acids is 1. The summed E-state index contributed by atoms with van der Waals surface area (Å²) in [4.78, 5) is 13.3. The lowest BCUT2D eigenvalue weighted by molar-refractivity contribution is -0.164. The summed E-state index contributed by atoms with van der Waals surface area (Å²) in [5.74, 6) is -0.429. The van der Waals surface area contributed by atoms with Gasteiger partial charge in [0.05, 0.1) is 35.7 Å². The molecule has 2 aromatic carbocycles. The van der Waals surface area contributed by atoms with E-state index in [1.165, 1.54) is 7.11 Å². The van der Waals surface area contributed by atoms with Gasteiger partial charge >= 0.3 is 5.97 Å². The number of anilines is 1. The van der Waals surface area contributed by atoms with Gasteiger partial charge in [-0.3, -0.25) is 4.31 Å². The third kappa shape index (κ3) is 4.33. The number of esters is 1. The van der Waals surface area contributed by atoms with E-state index >= 15 is 0 Å². The highest BCUT2D eigenvalue weighted by atomic mass is 35.5. The molecule has 5 rings (SSSR count). The molecule has 2 atom stereocenters. The van der Waals surface area contributed by atoms with E-state index < -0.39 is 27.7 Å². The quantitative estimate of drug-likeness (QED) is 0.381. The lowest BCUT2D eigenvalue weighted by Crippen LogP contribution is -2.50. The van der Waals surface area contributed by atoms with E-state index in [9.17, 15) is 13.2 Å². The monoisotopic (exact) mass is 544 g/mol. The van der Waals surface area contributed by atoms with Crippen LogP contribution in [0.2, 0.25) is 5.02 Å². The van der Waals surface area contributed by atoms with E-state index in [0.717, 1.165) is 34.1 Å². The number of benzene rings is 2. The topological polar surface area (TPSA) is 77.8 Å². The average Bonchev–Trinajstić information content (AvgIpc) is 3.14. The van der Waals surface area contributed by atoms with Crippen LogP contribution in [-0.2, 0) is 30.8 Å². The van der Waals surface area contributed by atoms with Crippen LogP contribution in [0.25, 0.3) is 22.0 Å². The van der Waals surface area contributed by atoms with Crippen LogP contribution in [0, 0.1) is 13.8 Å². The van der Waals surface area contributed by atoms with Crippen molar-refractivity contribution in [3.8, 4) is 11.1 Å². The number of aromatic nitrogens is 1. The predicted molar refractivity (Wildman–Crippen MR) is 147 cm³/mol. The lowest BCUT2D eigenvalue weighted by atomic mass is 9.87. The molecule has 1 saturated heterocycles. The number of sulfonamides is 1. The Hall–Kier alpha value is -2.55. The van der Waals surface area contributed by atoms with Gasteiger partial charge in [0.15, 0.2) is 6.10 Å². The molecule has 3 heterocycles. The third-order valence-corrected chi connectivity index (χ3v) is 9.43. The number of fused-ring (bicyclic) bond motifs is 2. The van der Waals surface area contributed by atoms with Crippen molar-refractivity contribution in [1.82, 2.24) is 4.57 Å². The van der Waals surface area contributed by atoms with Crippen LogP contribution in [0.15, 0.2) is 30.3 Å². The molecule has 0 unspecified atom stereocenters. The number of hydrogen-bond acceptors (Lipinski definition) is 5. The molecule has 0 bridgehead atoms. The molecule has 0 aliphatic carbocycles. The molecule has 198 valence electrons. The van der Waals surface area contributed by atoms with Gasteiger partial charge in [-0.1, -0.05) is 23.7 Å². The first-order valence-corrected chi connectivity index (χ1v) is 14.5. The van der Waals surface area contributed by atoms with Crippen LogP contribution in [0.3, 0.4) is 0 Å². The summed E-state index contributed by atoms with van der Waals surface area (Å²) < 4.78 is 42.4. The van der Waals surface area contributed by atoms with Crippen molar-refractivity contribution in [3.05, 3.63) is 52.2 Å². The Bertz CT molecular complexity index is 1500. The molecule has 0 spiro atoms. The summed E-state index contributed by atoms with van der Waals surface area (Å²) in [5, 5.41) is 1.48. The molecular weight excluding hydrogens is 512 g/mol. The molecule has 0 radical (unpaired) electrons. The fourth-order valence-corrected chi connectivity index (χ4v) is 7.83. The van der Waals surface area contributed by atoms with Crippen molar-refractivity contribution < 1.29 is 22.7 Å². The number of carbonyl (C=O) groups is 1. The molecule has 9 heteroatoms. The number of aryl methyl sites for hydroxylation is 1. The van der Waals surface area contributed by atoms with E-state index in [1.807, 2.05) is 58.9 Å². The van der Waals surface area contributed by atoms with Gasteiger partial charge in [-0.25, -0.2) is 13.2 Å². The van der Waals surface area contributed by atoms with Gasteiger partial charge in [-0.15, -0.1) is 0 Å². The zero-order valence-corrected chi connectivity index (χ0v) is 23.7. The number of methoxy groups -OCH3 is 1. The Morgan fingerprint density at radius 2 is 1.84 bits per heavy atom. The maximum atomic E-state index is 13.5. The first kappa shape index (κ1) is 26.1. The smallest absolute Gasteiger partial charge is 0.339 e. The molecular formula is C28H33ClN2O5S. The maximum Gasteiger partial charge on any atom is 0.339 e. The molecule has 0 saturated carbocycles. The maximum absolute atomic E-state index is 13.5.